The molecule has 0 heterocycles. The number of carboxylic acid groups (broad SMARTS) is 1. The number of aliphatic imine (C=N–C) groups is 1. The molecule has 0 aliphatic rings. The predicted molar refractivity (Wildman–Crippen MR) is 66.9 cm³/mol. The van der Waals surface area contributed by atoms with E-state index >= 15 is 0 Å². The molecule has 1 radical (unpaired) electrons. The Hall–Kier alpha value is -1.36. The summed E-state index contributed by atoms with van der Waals surface area (Å²) in [5, 5.41) is 11.9. The van der Waals surface area contributed by atoms with E-state index < -0.39 is 5.97 Å². The molecule has 0 aromatic heterocycles. The first-order chi connectivity index (χ1) is 7.63. The van der Waals surface area contributed by atoms with Gasteiger partial charge in [-0.25, -0.2) is 4.79 Å². The van der Waals surface area contributed by atoms with Gasteiger partial charge in [0.25, 0.3) is 0 Å². The van der Waals surface area contributed by atoms with Gasteiger partial charge in [-0.2, -0.15) is 0 Å². The van der Waals surface area contributed by atoms with Crippen molar-refractivity contribution in [1.29, 1.82) is 0 Å². The molecule has 1 aromatic carbocycles. The Kier molecular flexibility index (Phi) is 7.21. The molecule has 1 aromatic rings. The van der Waals surface area contributed by atoms with Gasteiger partial charge in [-0.1, -0.05) is 12.1 Å². The van der Waals surface area contributed by atoms with Gasteiger partial charge in [-0.05, 0) is 23.4 Å². The molecule has 0 amide bonds. The summed E-state index contributed by atoms with van der Waals surface area (Å²) in [6.45, 7) is 3.95. The molecule has 0 aliphatic heterocycles. The number of aromatic carboxylic acids is 1. The molecular weight excluding hydrogens is 288 g/mol. The van der Waals surface area contributed by atoms with Crippen LogP contribution in [0.5, 0.6) is 0 Å². The third-order valence-electron chi connectivity index (χ3n) is 1.72. The Morgan fingerprint density at radius 1 is 1.59 bits per heavy atom. The van der Waals surface area contributed by atoms with E-state index in [4.69, 9.17) is 17.7 Å². The second kappa shape index (κ2) is 7.84. The molecule has 0 fully saturated rings. The van der Waals surface area contributed by atoms with Crippen molar-refractivity contribution in [3.63, 3.8) is 0 Å². The Balaban J connectivity index is 0.00000256. The van der Waals surface area contributed by atoms with Crippen LogP contribution < -0.4 is 5.32 Å². The second-order valence-electron chi connectivity index (χ2n) is 2.95. The molecule has 6 heteroatoms. The van der Waals surface area contributed by atoms with Crippen molar-refractivity contribution in [2.75, 3.05) is 11.9 Å². The minimum absolute atomic E-state index is 0. The van der Waals surface area contributed by atoms with Crippen molar-refractivity contribution in [2.45, 2.75) is 0 Å². The van der Waals surface area contributed by atoms with Gasteiger partial charge in [0.15, 0.2) is 0 Å². The van der Waals surface area contributed by atoms with Crippen molar-refractivity contribution in [3.8, 4) is 0 Å². The Labute approximate surface area is 116 Å². The minimum Gasteiger partial charge on any atom is -0.743 e. The maximum atomic E-state index is 10.7. The van der Waals surface area contributed by atoms with Crippen molar-refractivity contribution in [1.82, 2.24) is 0 Å². The largest absolute Gasteiger partial charge is 0.743 e. The molecule has 2 N–H and O–H groups in total. The summed E-state index contributed by atoms with van der Waals surface area (Å²) in [6.07, 6.45) is 1.63. The van der Waals surface area contributed by atoms with Crippen molar-refractivity contribution in [3.05, 3.63) is 42.5 Å². The third-order valence-corrected chi connectivity index (χ3v) is 1.96. The van der Waals surface area contributed by atoms with Crippen LogP contribution in [0.15, 0.2) is 41.9 Å². The number of hydrogen-bond acceptors (Lipinski definition) is 3. The zero-order valence-electron chi connectivity index (χ0n) is 8.81. The number of carbonyl (C=O) groups is 1. The van der Waals surface area contributed by atoms with Crippen LogP contribution in [0.25, 0.3) is 0 Å². The smallest absolute Gasteiger partial charge is 0.335 e. The summed E-state index contributed by atoms with van der Waals surface area (Å²) >= 11 is 4.94. The molecule has 0 saturated heterocycles. The summed E-state index contributed by atoms with van der Waals surface area (Å²) in [6, 6.07) is 6.37. The summed E-state index contributed by atoms with van der Waals surface area (Å²) in [4.78, 5) is 14.7. The van der Waals surface area contributed by atoms with Crippen LogP contribution in [-0.2, 0) is 29.7 Å². The van der Waals surface area contributed by atoms with Gasteiger partial charge in [-0.3, -0.25) is 4.99 Å². The summed E-state index contributed by atoms with van der Waals surface area (Å²) < 4.78 is 0. The predicted octanol–water partition coefficient (Wildman–Crippen LogP) is 1.88. The molecule has 0 saturated carbocycles. The van der Waals surface area contributed by atoms with Crippen LogP contribution in [0.3, 0.4) is 0 Å². The van der Waals surface area contributed by atoms with Crippen LogP contribution in [-0.4, -0.2) is 22.8 Å². The summed E-state index contributed by atoms with van der Waals surface area (Å²) in [7, 11) is 0. The standard InChI is InChI=1S/C11H12N2O2S.Cu/c1-2-6-12-11(16)13-9-5-3-4-8(7-9)10(14)15;/h2-5,7H,1,6H2,(H,14,15)(H2,12,13,16);/p-1. The van der Waals surface area contributed by atoms with Crippen LogP contribution in [0.1, 0.15) is 10.4 Å². The zero-order chi connectivity index (χ0) is 12.0. The van der Waals surface area contributed by atoms with Gasteiger partial charge >= 0.3 is 5.97 Å². The molecule has 4 nitrogen and oxygen atoms in total. The first kappa shape index (κ1) is 15.6. The average Bonchev–Trinajstić information content (AvgIpc) is 2.26. The first-order valence-electron chi connectivity index (χ1n) is 4.56. The molecule has 17 heavy (non-hydrogen) atoms. The van der Waals surface area contributed by atoms with Crippen LogP contribution >= 0.6 is 0 Å². The van der Waals surface area contributed by atoms with Gasteiger partial charge in [0.2, 0.25) is 0 Å². The monoisotopic (exact) mass is 298 g/mol. The molecule has 0 unspecified atom stereocenters. The van der Waals surface area contributed by atoms with E-state index in [0.29, 0.717) is 17.4 Å². The van der Waals surface area contributed by atoms with Gasteiger partial charge in [0, 0.05) is 22.8 Å². The van der Waals surface area contributed by atoms with E-state index in [2.05, 4.69) is 16.9 Å². The number of anilines is 1. The first-order valence-corrected chi connectivity index (χ1v) is 4.97. The van der Waals surface area contributed by atoms with Crippen LogP contribution in [0, 0.1) is 0 Å². The van der Waals surface area contributed by atoms with E-state index in [1.807, 2.05) is 0 Å². The van der Waals surface area contributed by atoms with Crippen LogP contribution in [0.2, 0.25) is 0 Å². The van der Waals surface area contributed by atoms with E-state index in [1.165, 1.54) is 12.1 Å². The van der Waals surface area contributed by atoms with E-state index in [-0.39, 0.29) is 22.6 Å². The van der Waals surface area contributed by atoms with Crippen molar-refractivity contribution in [2.24, 2.45) is 4.99 Å². The molecule has 1 rings (SSSR count). The molecule has 0 spiro atoms. The number of nitrogens with zero attached hydrogens (tertiary/aromatic N) is 1. The van der Waals surface area contributed by atoms with Gasteiger partial charge in [0.1, 0.15) is 0 Å². The molecule has 0 bridgehead atoms. The summed E-state index contributed by atoms with van der Waals surface area (Å²) in [5.74, 6) is -0.974. The zero-order valence-corrected chi connectivity index (χ0v) is 10.6. The quantitative estimate of drug-likeness (QED) is 0.293. The van der Waals surface area contributed by atoms with E-state index in [1.54, 1.807) is 18.2 Å². The maximum absolute atomic E-state index is 10.7. The third kappa shape index (κ3) is 5.49. The molecule has 0 atom stereocenters. The number of carboxylic acids is 1. The topological polar surface area (TPSA) is 61.7 Å². The Bertz CT molecular complexity index is 435. The van der Waals surface area contributed by atoms with E-state index in [9.17, 15) is 4.79 Å². The number of amidine groups is 1. The van der Waals surface area contributed by atoms with E-state index in [0.717, 1.165) is 0 Å². The molecular formula is C11H11CuN2O2S-. The van der Waals surface area contributed by atoms with Crippen molar-refractivity contribution < 1.29 is 27.0 Å². The summed E-state index contributed by atoms with van der Waals surface area (Å²) in [5.41, 5.74) is 0.814. The minimum atomic E-state index is -0.974. The SMILES string of the molecule is C=CCN=C([S-])Nc1cccc(C(=O)O)c1.[Cu]. The Morgan fingerprint density at radius 3 is 2.88 bits per heavy atom. The fraction of sp³-hybridized carbons (Fsp3) is 0.0909. The Morgan fingerprint density at radius 2 is 2.29 bits per heavy atom. The second-order valence-corrected chi connectivity index (χ2v) is 3.33. The fourth-order valence-electron chi connectivity index (χ4n) is 1.04. The fourth-order valence-corrected chi connectivity index (χ4v) is 1.23. The van der Waals surface area contributed by atoms with Gasteiger partial charge < -0.3 is 23.1 Å². The molecule has 0 aliphatic carbocycles. The van der Waals surface area contributed by atoms with Crippen molar-refractivity contribution >= 4 is 29.5 Å². The number of benzene rings is 1. The maximum Gasteiger partial charge on any atom is 0.335 e. The number of hydrogen-bond donors (Lipinski definition) is 2. The average molecular weight is 299 g/mol. The number of nitrogens with one attached hydrogen (secondary N) is 1. The molecule has 95 valence electrons. The normalized spacial score (nSPS) is 10.2. The van der Waals surface area contributed by atoms with Crippen LogP contribution in [0.4, 0.5) is 5.69 Å². The van der Waals surface area contributed by atoms with Gasteiger partial charge in [-0.15, -0.1) is 6.58 Å². The number of rotatable bonds is 4. The van der Waals surface area contributed by atoms with Gasteiger partial charge in [0.05, 0.1) is 12.1 Å².